The summed E-state index contributed by atoms with van der Waals surface area (Å²) in [5, 5.41) is 0.711. The first-order valence-electron chi connectivity index (χ1n) is 9.38. The second-order valence-corrected chi connectivity index (χ2v) is 7.54. The van der Waals surface area contributed by atoms with Crippen LogP contribution in [0.4, 0.5) is 0 Å². The number of hydrogen-bond acceptors (Lipinski definition) is 5. The van der Waals surface area contributed by atoms with Gasteiger partial charge in [0, 0.05) is 24.2 Å². The van der Waals surface area contributed by atoms with Gasteiger partial charge in [-0.05, 0) is 47.7 Å². The number of hydrazine groups is 1. The zero-order valence-corrected chi connectivity index (χ0v) is 16.8. The Morgan fingerprint density at radius 2 is 1.82 bits per heavy atom. The van der Waals surface area contributed by atoms with Crippen LogP contribution >= 0.6 is 11.6 Å². The minimum atomic E-state index is -0.275. The predicted octanol–water partition coefficient (Wildman–Crippen LogP) is 2.85. The lowest BCUT2D eigenvalue weighted by molar-refractivity contribution is -0.134. The van der Waals surface area contributed by atoms with E-state index >= 15 is 0 Å². The van der Waals surface area contributed by atoms with Gasteiger partial charge in [-0.1, -0.05) is 29.8 Å². The van der Waals surface area contributed by atoms with Gasteiger partial charge in [-0.2, -0.15) is 0 Å². The van der Waals surface area contributed by atoms with Crippen molar-refractivity contribution in [1.29, 1.82) is 0 Å². The highest BCUT2D eigenvalue weighted by molar-refractivity contribution is 6.31. The molecule has 7 heteroatoms. The number of fused-ring (bicyclic) bond motifs is 1. The molecule has 0 aliphatic carbocycles. The van der Waals surface area contributed by atoms with Crippen molar-refractivity contribution < 1.29 is 14.3 Å². The van der Waals surface area contributed by atoms with E-state index in [-0.39, 0.29) is 18.0 Å². The SMILES string of the molecule is COc1cc2c(cc1OC)CN(C(=O)C1CC(c3ccccc3Cl)NN1)CC2. The summed E-state index contributed by atoms with van der Waals surface area (Å²) in [4.78, 5) is 15.0. The number of amides is 1. The minimum Gasteiger partial charge on any atom is -0.493 e. The van der Waals surface area contributed by atoms with Crippen LogP contribution in [0.25, 0.3) is 0 Å². The van der Waals surface area contributed by atoms with Crippen LogP contribution in [0.3, 0.4) is 0 Å². The maximum absolute atomic E-state index is 13.1. The van der Waals surface area contributed by atoms with E-state index in [0.29, 0.717) is 30.3 Å². The van der Waals surface area contributed by atoms with E-state index in [1.165, 1.54) is 5.56 Å². The van der Waals surface area contributed by atoms with Gasteiger partial charge in [0.1, 0.15) is 6.04 Å². The fourth-order valence-corrected chi connectivity index (χ4v) is 4.24. The molecule has 28 heavy (non-hydrogen) atoms. The van der Waals surface area contributed by atoms with Crippen LogP contribution in [0.2, 0.25) is 5.02 Å². The molecule has 148 valence electrons. The first-order chi connectivity index (χ1) is 13.6. The minimum absolute atomic E-state index is 0.0177. The number of nitrogens with one attached hydrogen (secondary N) is 2. The summed E-state index contributed by atoms with van der Waals surface area (Å²) in [6.07, 6.45) is 1.47. The van der Waals surface area contributed by atoms with Crippen molar-refractivity contribution in [3.05, 3.63) is 58.1 Å². The van der Waals surface area contributed by atoms with E-state index in [1.807, 2.05) is 41.3 Å². The summed E-state index contributed by atoms with van der Waals surface area (Å²) in [6.45, 7) is 1.26. The standard InChI is InChI=1S/C21H24ClN3O3/c1-27-19-9-13-7-8-25(12-14(13)10-20(19)28-2)21(26)18-11-17(23-24-18)15-5-3-4-6-16(15)22/h3-6,9-10,17-18,23-24H,7-8,11-12H2,1-2H3. The molecule has 6 nitrogen and oxygen atoms in total. The molecule has 2 atom stereocenters. The Kier molecular flexibility index (Phi) is 5.44. The van der Waals surface area contributed by atoms with E-state index in [9.17, 15) is 4.79 Å². The van der Waals surface area contributed by atoms with Gasteiger partial charge in [0.05, 0.1) is 14.2 Å². The van der Waals surface area contributed by atoms with E-state index < -0.39 is 0 Å². The van der Waals surface area contributed by atoms with Crippen LogP contribution in [-0.2, 0) is 17.8 Å². The van der Waals surface area contributed by atoms with Gasteiger partial charge in [-0.3, -0.25) is 4.79 Å². The first-order valence-corrected chi connectivity index (χ1v) is 9.76. The first kappa shape index (κ1) is 19.1. The van der Waals surface area contributed by atoms with E-state index in [4.69, 9.17) is 21.1 Å². The second kappa shape index (κ2) is 7.99. The number of carbonyl (C=O) groups is 1. The zero-order chi connectivity index (χ0) is 19.7. The number of rotatable bonds is 4. The molecule has 2 aromatic carbocycles. The highest BCUT2D eigenvalue weighted by Gasteiger charge is 2.34. The molecule has 1 fully saturated rings. The number of carbonyl (C=O) groups excluding carboxylic acids is 1. The van der Waals surface area contributed by atoms with Crippen molar-refractivity contribution >= 4 is 17.5 Å². The number of halogens is 1. The third-order valence-electron chi connectivity index (χ3n) is 5.51. The lowest BCUT2D eigenvalue weighted by Crippen LogP contribution is -2.47. The van der Waals surface area contributed by atoms with Gasteiger partial charge in [-0.25, -0.2) is 10.9 Å². The fraction of sp³-hybridized carbons (Fsp3) is 0.381. The Morgan fingerprint density at radius 1 is 1.11 bits per heavy atom. The average molecular weight is 402 g/mol. The Balaban J connectivity index is 1.46. The molecule has 2 unspecified atom stereocenters. The molecule has 2 N–H and O–H groups in total. The van der Waals surface area contributed by atoms with Crippen molar-refractivity contribution in [3.63, 3.8) is 0 Å². The molecule has 2 aliphatic rings. The van der Waals surface area contributed by atoms with Crippen molar-refractivity contribution in [2.45, 2.75) is 31.5 Å². The number of methoxy groups -OCH3 is 2. The monoisotopic (exact) mass is 401 g/mol. The van der Waals surface area contributed by atoms with Crippen LogP contribution in [0.5, 0.6) is 11.5 Å². The van der Waals surface area contributed by atoms with Crippen molar-refractivity contribution in [3.8, 4) is 11.5 Å². The van der Waals surface area contributed by atoms with Crippen LogP contribution in [0.1, 0.15) is 29.2 Å². The maximum Gasteiger partial charge on any atom is 0.241 e. The molecule has 4 rings (SSSR count). The van der Waals surface area contributed by atoms with E-state index in [1.54, 1.807) is 14.2 Å². The van der Waals surface area contributed by atoms with Crippen LogP contribution in [-0.4, -0.2) is 37.6 Å². The Labute approximate surface area is 169 Å². The molecule has 1 amide bonds. The summed E-state index contributed by atoms with van der Waals surface area (Å²) in [5.74, 6) is 1.52. The van der Waals surface area contributed by atoms with Gasteiger partial charge >= 0.3 is 0 Å². The zero-order valence-electron chi connectivity index (χ0n) is 16.0. The summed E-state index contributed by atoms with van der Waals surface area (Å²) >= 11 is 6.30. The quantitative estimate of drug-likeness (QED) is 0.824. The number of hydrogen-bond donors (Lipinski definition) is 2. The van der Waals surface area contributed by atoms with Gasteiger partial charge in [0.2, 0.25) is 5.91 Å². The van der Waals surface area contributed by atoms with Crippen LogP contribution < -0.4 is 20.3 Å². The highest BCUT2D eigenvalue weighted by Crippen LogP contribution is 2.34. The maximum atomic E-state index is 13.1. The third kappa shape index (κ3) is 3.55. The second-order valence-electron chi connectivity index (χ2n) is 7.14. The molecule has 0 bridgehead atoms. The summed E-state index contributed by atoms with van der Waals surface area (Å²) in [5.41, 5.74) is 9.68. The number of benzene rings is 2. The molecular weight excluding hydrogens is 378 g/mol. The smallest absolute Gasteiger partial charge is 0.241 e. The number of ether oxygens (including phenoxy) is 2. The highest BCUT2D eigenvalue weighted by atomic mass is 35.5. The average Bonchev–Trinajstić information content (AvgIpc) is 3.22. The van der Waals surface area contributed by atoms with Gasteiger partial charge in [0.15, 0.2) is 11.5 Å². The lowest BCUT2D eigenvalue weighted by atomic mass is 9.97. The van der Waals surface area contributed by atoms with Gasteiger partial charge in [-0.15, -0.1) is 0 Å². The molecule has 0 radical (unpaired) electrons. The van der Waals surface area contributed by atoms with Gasteiger partial charge in [0.25, 0.3) is 0 Å². The molecule has 2 heterocycles. The van der Waals surface area contributed by atoms with Crippen LogP contribution in [0, 0.1) is 0 Å². The largest absolute Gasteiger partial charge is 0.493 e. The Hall–Kier alpha value is -2.28. The molecule has 2 aromatic rings. The van der Waals surface area contributed by atoms with Crippen LogP contribution in [0.15, 0.2) is 36.4 Å². The molecule has 1 saturated heterocycles. The van der Waals surface area contributed by atoms with Crippen molar-refractivity contribution in [2.75, 3.05) is 20.8 Å². The molecule has 0 aromatic heterocycles. The number of nitrogens with zero attached hydrogens (tertiary/aromatic N) is 1. The fourth-order valence-electron chi connectivity index (χ4n) is 3.97. The Bertz CT molecular complexity index is 889. The van der Waals surface area contributed by atoms with E-state index in [2.05, 4.69) is 10.9 Å². The topological polar surface area (TPSA) is 62.8 Å². The molecule has 0 spiro atoms. The normalized spacial score (nSPS) is 21.3. The van der Waals surface area contributed by atoms with Crippen molar-refractivity contribution in [1.82, 2.24) is 15.8 Å². The predicted molar refractivity (Wildman–Crippen MR) is 108 cm³/mol. The summed E-state index contributed by atoms with van der Waals surface area (Å²) in [7, 11) is 3.26. The van der Waals surface area contributed by atoms with Crippen molar-refractivity contribution in [2.24, 2.45) is 0 Å². The third-order valence-corrected chi connectivity index (χ3v) is 5.86. The summed E-state index contributed by atoms with van der Waals surface area (Å²) < 4.78 is 10.8. The molecule has 2 aliphatic heterocycles. The van der Waals surface area contributed by atoms with Gasteiger partial charge < -0.3 is 14.4 Å². The molecule has 0 saturated carbocycles. The Morgan fingerprint density at radius 3 is 2.54 bits per heavy atom. The lowest BCUT2D eigenvalue weighted by Gasteiger charge is -2.31. The van der Waals surface area contributed by atoms with E-state index in [0.717, 1.165) is 23.3 Å². The summed E-state index contributed by atoms with van der Waals surface area (Å²) in [6, 6.07) is 11.5. The molecular formula is C21H24ClN3O3.